The molecule has 2 bridgehead atoms. The first-order chi connectivity index (χ1) is 8.51. The molecule has 18 heavy (non-hydrogen) atoms. The zero-order valence-electron chi connectivity index (χ0n) is 12.3. The summed E-state index contributed by atoms with van der Waals surface area (Å²) in [7, 11) is 1.99. The minimum Gasteiger partial charge on any atom is -0.345 e. The number of amides is 1. The molecule has 0 heterocycles. The molecule has 2 rings (SSSR count). The molecule has 3 unspecified atom stereocenters. The van der Waals surface area contributed by atoms with Gasteiger partial charge in [0.1, 0.15) is 0 Å². The first-order valence-electron chi connectivity index (χ1n) is 7.45. The van der Waals surface area contributed by atoms with E-state index in [1.165, 1.54) is 6.42 Å². The number of hydrogen-bond donors (Lipinski definition) is 0. The van der Waals surface area contributed by atoms with E-state index < -0.39 is 0 Å². The zero-order chi connectivity index (χ0) is 13.3. The lowest BCUT2D eigenvalue weighted by Gasteiger charge is -2.35. The Morgan fingerprint density at radius 3 is 2.50 bits per heavy atom. The second-order valence-corrected chi connectivity index (χ2v) is 6.48. The number of allylic oxidation sites excluding steroid dienone is 2. The van der Waals surface area contributed by atoms with Gasteiger partial charge in [-0.15, -0.1) is 0 Å². The van der Waals surface area contributed by atoms with Crippen molar-refractivity contribution in [3.05, 3.63) is 12.2 Å². The number of hydrogen-bond acceptors (Lipinski definition) is 1. The van der Waals surface area contributed by atoms with Crippen molar-refractivity contribution in [1.29, 1.82) is 0 Å². The van der Waals surface area contributed by atoms with Gasteiger partial charge in [-0.1, -0.05) is 45.8 Å². The normalized spacial score (nSPS) is 33.4. The largest absolute Gasteiger partial charge is 0.345 e. The molecule has 0 saturated heterocycles. The predicted molar refractivity (Wildman–Crippen MR) is 75.2 cm³/mol. The van der Waals surface area contributed by atoms with Crippen LogP contribution in [0.5, 0.6) is 0 Å². The number of carbonyl (C=O) groups is 1. The Morgan fingerprint density at radius 2 is 2.06 bits per heavy atom. The highest BCUT2D eigenvalue weighted by molar-refractivity contribution is 5.83. The minimum atomic E-state index is -0.125. The van der Waals surface area contributed by atoms with Crippen molar-refractivity contribution in [3.8, 4) is 0 Å². The number of fused-ring (bicyclic) bond motifs is 2. The molecule has 0 spiro atoms. The molecule has 1 fully saturated rings. The van der Waals surface area contributed by atoms with E-state index in [4.69, 9.17) is 0 Å². The summed E-state index contributed by atoms with van der Waals surface area (Å²) < 4.78 is 0. The van der Waals surface area contributed by atoms with Gasteiger partial charge in [-0.2, -0.15) is 0 Å². The van der Waals surface area contributed by atoms with Crippen molar-refractivity contribution in [2.24, 2.45) is 23.2 Å². The molecule has 2 heteroatoms. The Hall–Kier alpha value is -0.790. The number of rotatable bonds is 5. The molecular weight excluding hydrogens is 222 g/mol. The molecular formula is C16H27NO. The maximum absolute atomic E-state index is 12.7. The molecule has 1 saturated carbocycles. The molecule has 2 aliphatic rings. The molecule has 1 amide bonds. The third-order valence-corrected chi connectivity index (χ3v) is 5.20. The molecule has 2 nitrogen and oxygen atoms in total. The maximum atomic E-state index is 12.7. The Bertz CT molecular complexity index is 345. The van der Waals surface area contributed by atoms with Gasteiger partial charge >= 0.3 is 0 Å². The van der Waals surface area contributed by atoms with Crippen LogP contribution >= 0.6 is 0 Å². The second-order valence-electron chi connectivity index (χ2n) is 6.48. The van der Waals surface area contributed by atoms with E-state index in [1.807, 2.05) is 11.9 Å². The molecule has 0 aromatic heterocycles. The summed E-state index contributed by atoms with van der Waals surface area (Å²) in [5.41, 5.74) is -0.125. The van der Waals surface area contributed by atoms with Gasteiger partial charge in [0.25, 0.3) is 0 Å². The molecule has 2 aliphatic carbocycles. The smallest absolute Gasteiger partial charge is 0.228 e. The van der Waals surface area contributed by atoms with Gasteiger partial charge in [-0.3, -0.25) is 4.79 Å². The molecule has 0 aromatic carbocycles. The van der Waals surface area contributed by atoms with Crippen molar-refractivity contribution in [3.63, 3.8) is 0 Å². The van der Waals surface area contributed by atoms with Gasteiger partial charge in [-0.05, 0) is 30.6 Å². The van der Waals surface area contributed by atoms with Crippen LogP contribution in [0.3, 0.4) is 0 Å². The molecule has 0 N–H and O–H groups in total. The zero-order valence-corrected chi connectivity index (χ0v) is 12.3. The molecule has 0 radical (unpaired) electrons. The minimum absolute atomic E-state index is 0.125. The van der Waals surface area contributed by atoms with Crippen LogP contribution in [-0.2, 0) is 4.79 Å². The Kier molecular flexibility index (Phi) is 3.84. The van der Waals surface area contributed by atoms with Crippen LogP contribution < -0.4 is 0 Å². The average Bonchev–Trinajstić information content (AvgIpc) is 2.95. The van der Waals surface area contributed by atoms with Gasteiger partial charge in [0, 0.05) is 13.6 Å². The SMILES string of the molecule is CCC(CC)CN(C)C(=O)C1(C)CC2C=CC1C2. The highest BCUT2D eigenvalue weighted by Gasteiger charge is 2.50. The summed E-state index contributed by atoms with van der Waals surface area (Å²) >= 11 is 0. The van der Waals surface area contributed by atoms with Crippen molar-refractivity contribution in [2.75, 3.05) is 13.6 Å². The average molecular weight is 249 g/mol. The van der Waals surface area contributed by atoms with Crippen LogP contribution in [0.25, 0.3) is 0 Å². The highest BCUT2D eigenvalue weighted by Crippen LogP contribution is 2.52. The molecule has 102 valence electrons. The van der Waals surface area contributed by atoms with E-state index in [9.17, 15) is 4.79 Å². The summed E-state index contributed by atoms with van der Waals surface area (Å²) in [6, 6.07) is 0. The summed E-state index contributed by atoms with van der Waals surface area (Å²) in [5.74, 6) is 2.16. The lowest BCUT2D eigenvalue weighted by molar-refractivity contribution is -0.142. The molecule has 0 aliphatic heterocycles. The van der Waals surface area contributed by atoms with Gasteiger partial charge in [0.2, 0.25) is 5.91 Å². The Labute approximate surface area is 111 Å². The molecule has 3 atom stereocenters. The van der Waals surface area contributed by atoms with E-state index in [-0.39, 0.29) is 5.41 Å². The first-order valence-corrected chi connectivity index (χ1v) is 7.45. The lowest BCUT2D eigenvalue weighted by atomic mass is 9.76. The van der Waals surface area contributed by atoms with Crippen molar-refractivity contribution >= 4 is 5.91 Å². The van der Waals surface area contributed by atoms with E-state index in [0.29, 0.717) is 23.7 Å². The maximum Gasteiger partial charge on any atom is 0.228 e. The van der Waals surface area contributed by atoms with Crippen LogP contribution in [0.15, 0.2) is 12.2 Å². The number of carbonyl (C=O) groups excluding carboxylic acids is 1. The second kappa shape index (κ2) is 5.07. The molecule has 0 aromatic rings. The summed E-state index contributed by atoms with van der Waals surface area (Å²) in [6.07, 6.45) is 9.16. The number of nitrogens with zero attached hydrogens (tertiary/aromatic N) is 1. The van der Waals surface area contributed by atoms with Crippen LogP contribution in [0.4, 0.5) is 0 Å². The third-order valence-electron chi connectivity index (χ3n) is 5.20. The fourth-order valence-electron chi connectivity index (χ4n) is 3.79. The fourth-order valence-corrected chi connectivity index (χ4v) is 3.79. The van der Waals surface area contributed by atoms with Crippen LogP contribution in [-0.4, -0.2) is 24.4 Å². The standard InChI is InChI=1S/C16H27NO/c1-5-12(6-2)11-17(4)15(18)16(3)10-13-7-8-14(16)9-13/h7-8,12-14H,5-6,9-11H2,1-4H3. The van der Waals surface area contributed by atoms with Crippen LogP contribution in [0, 0.1) is 23.2 Å². The van der Waals surface area contributed by atoms with Crippen LogP contribution in [0.2, 0.25) is 0 Å². The van der Waals surface area contributed by atoms with Crippen molar-refractivity contribution in [1.82, 2.24) is 4.90 Å². The summed E-state index contributed by atoms with van der Waals surface area (Å²) in [4.78, 5) is 14.7. The Morgan fingerprint density at radius 1 is 1.39 bits per heavy atom. The van der Waals surface area contributed by atoms with Gasteiger partial charge in [0.05, 0.1) is 5.41 Å². The van der Waals surface area contributed by atoms with Gasteiger partial charge in [-0.25, -0.2) is 0 Å². The summed E-state index contributed by atoms with van der Waals surface area (Å²) in [6.45, 7) is 7.53. The van der Waals surface area contributed by atoms with Crippen molar-refractivity contribution < 1.29 is 4.79 Å². The predicted octanol–water partition coefficient (Wildman–Crippen LogP) is 3.48. The van der Waals surface area contributed by atoms with Crippen LogP contribution in [0.1, 0.15) is 46.5 Å². The lowest BCUT2D eigenvalue weighted by Crippen LogP contribution is -2.44. The Balaban J connectivity index is 2.01. The highest BCUT2D eigenvalue weighted by atomic mass is 16.2. The monoisotopic (exact) mass is 249 g/mol. The van der Waals surface area contributed by atoms with E-state index in [1.54, 1.807) is 0 Å². The van der Waals surface area contributed by atoms with E-state index in [0.717, 1.165) is 25.8 Å². The van der Waals surface area contributed by atoms with E-state index >= 15 is 0 Å². The fraction of sp³-hybridized carbons (Fsp3) is 0.812. The topological polar surface area (TPSA) is 20.3 Å². The van der Waals surface area contributed by atoms with Gasteiger partial charge < -0.3 is 4.90 Å². The first kappa shape index (κ1) is 13.6. The third kappa shape index (κ3) is 2.22. The quantitative estimate of drug-likeness (QED) is 0.683. The van der Waals surface area contributed by atoms with Crippen molar-refractivity contribution in [2.45, 2.75) is 46.5 Å². The summed E-state index contributed by atoms with van der Waals surface area (Å²) in [5, 5.41) is 0. The van der Waals surface area contributed by atoms with E-state index in [2.05, 4.69) is 32.9 Å². The van der Waals surface area contributed by atoms with Gasteiger partial charge in [0.15, 0.2) is 0 Å².